The third kappa shape index (κ3) is 4.22. The zero-order valence-corrected chi connectivity index (χ0v) is 14.4. The molecule has 0 spiro atoms. The summed E-state index contributed by atoms with van der Waals surface area (Å²) in [5.74, 6) is 0. The van der Waals surface area contributed by atoms with Gasteiger partial charge in [-0.25, -0.2) is 0 Å². The molecule has 0 aliphatic carbocycles. The van der Waals surface area contributed by atoms with E-state index >= 15 is 0 Å². The van der Waals surface area contributed by atoms with Gasteiger partial charge in [-0.15, -0.1) is 10.2 Å². The number of benzene rings is 1. The Balaban J connectivity index is 2.09. The van der Waals surface area contributed by atoms with E-state index in [9.17, 15) is 0 Å². The zero-order valence-electron chi connectivity index (χ0n) is 11.9. The number of rotatable bonds is 6. The smallest absolute Gasteiger partial charge is 0.179 e. The van der Waals surface area contributed by atoms with Crippen molar-refractivity contribution in [2.45, 2.75) is 46.3 Å². The van der Waals surface area contributed by atoms with E-state index in [2.05, 4.69) is 42.2 Å². The average molecular weight is 326 g/mol. The average Bonchev–Trinajstić information content (AvgIpc) is 2.89. The van der Waals surface area contributed by atoms with Gasteiger partial charge in [0.05, 0.1) is 0 Å². The molecule has 1 heterocycles. The lowest BCUT2D eigenvalue weighted by molar-refractivity contribution is 0.646. The van der Waals surface area contributed by atoms with Crippen molar-refractivity contribution in [1.29, 1.82) is 0 Å². The van der Waals surface area contributed by atoms with Gasteiger partial charge in [0.2, 0.25) is 0 Å². The third-order valence-corrected chi connectivity index (χ3v) is 6.15. The Bertz CT molecular complexity index is 569. The summed E-state index contributed by atoms with van der Waals surface area (Å²) in [7, 11) is 0. The maximum Gasteiger partial charge on any atom is 0.179 e. The fourth-order valence-corrected chi connectivity index (χ4v) is 4.28. The van der Waals surface area contributed by atoms with Crippen LogP contribution in [0.3, 0.4) is 0 Å². The van der Waals surface area contributed by atoms with Gasteiger partial charge < -0.3 is 5.73 Å². The molecule has 1 aromatic carbocycles. The highest BCUT2D eigenvalue weighted by molar-refractivity contribution is 8.03. The molecule has 2 aromatic rings. The second-order valence-corrected chi connectivity index (χ2v) is 7.93. The molecule has 6 heteroatoms. The first-order valence-electron chi connectivity index (χ1n) is 6.52. The van der Waals surface area contributed by atoms with E-state index in [1.807, 2.05) is 6.26 Å². The molecular weight excluding hydrogens is 306 g/mol. The van der Waals surface area contributed by atoms with Gasteiger partial charge in [0, 0.05) is 10.9 Å². The van der Waals surface area contributed by atoms with Gasteiger partial charge in [0.25, 0.3) is 0 Å². The SMILES string of the molecule is CCC(N)Cc1ccc(Sc2nnc(SC)s2)c(C)c1. The standard InChI is InChI=1S/C14H19N3S3/c1-4-11(15)8-10-5-6-12(9(2)7-10)19-14-17-16-13(18-3)20-14/h5-7,11H,4,8,15H2,1-3H3. The summed E-state index contributed by atoms with van der Waals surface area (Å²) in [4.78, 5) is 1.24. The van der Waals surface area contributed by atoms with Crippen LogP contribution in [0.5, 0.6) is 0 Å². The molecule has 20 heavy (non-hydrogen) atoms. The highest BCUT2D eigenvalue weighted by Crippen LogP contribution is 2.34. The molecule has 0 saturated carbocycles. The Hall–Kier alpha value is -0.560. The molecule has 0 radical (unpaired) electrons. The maximum atomic E-state index is 6.01. The molecular formula is C14H19N3S3. The normalized spacial score (nSPS) is 12.6. The van der Waals surface area contributed by atoms with Crippen molar-refractivity contribution in [3.63, 3.8) is 0 Å². The van der Waals surface area contributed by atoms with Crippen LogP contribution < -0.4 is 5.73 Å². The molecule has 2 rings (SSSR count). The highest BCUT2D eigenvalue weighted by atomic mass is 32.2. The van der Waals surface area contributed by atoms with Gasteiger partial charge in [-0.05, 0) is 43.2 Å². The first kappa shape index (κ1) is 15.8. The van der Waals surface area contributed by atoms with Crippen LogP contribution in [0, 0.1) is 6.92 Å². The van der Waals surface area contributed by atoms with E-state index in [1.54, 1.807) is 34.9 Å². The second kappa shape index (κ2) is 7.45. The van der Waals surface area contributed by atoms with Crippen molar-refractivity contribution in [1.82, 2.24) is 10.2 Å². The Morgan fingerprint density at radius 3 is 2.65 bits per heavy atom. The number of hydrogen-bond donors (Lipinski definition) is 1. The minimum atomic E-state index is 0.250. The lowest BCUT2D eigenvalue weighted by atomic mass is 10.0. The van der Waals surface area contributed by atoms with Crippen LogP contribution in [0.25, 0.3) is 0 Å². The van der Waals surface area contributed by atoms with E-state index in [0.29, 0.717) is 0 Å². The molecule has 1 atom stereocenters. The first-order valence-corrected chi connectivity index (χ1v) is 9.38. The molecule has 0 aliphatic rings. The first-order chi connectivity index (χ1) is 9.62. The number of thioether (sulfide) groups is 1. The molecule has 0 aliphatic heterocycles. The molecule has 2 N–H and O–H groups in total. The van der Waals surface area contributed by atoms with Gasteiger partial charge in [-0.3, -0.25) is 0 Å². The van der Waals surface area contributed by atoms with Crippen LogP contribution >= 0.6 is 34.9 Å². The van der Waals surface area contributed by atoms with Crippen LogP contribution in [-0.4, -0.2) is 22.5 Å². The summed E-state index contributed by atoms with van der Waals surface area (Å²) in [5.41, 5.74) is 8.59. The Labute approximate surface area is 132 Å². The van der Waals surface area contributed by atoms with Gasteiger partial charge in [0.15, 0.2) is 8.68 Å². The van der Waals surface area contributed by atoms with Gasteiger partial charge >= 0.3 is 0 Å². The van der Waals surface area contributed by atoms with Crippen LogP contribution in [0.2, 0.25) is 0 Å². The summed E-state index contributed by atoms with van der Waals surface area (Å²) >= 11 is 4.96. The van der Waals surface area contributed by atoms with Crippen molar-refractivity contribution in [2.24, 2.45) is 5.73 Å². The summed E-state index contributed by atoms with van der Waals surface area (Å²) < 4.78 is 2.01. The van der Waals surface area contributed by atoms with Crippen molar-refractivity contribution in [3.8, 4) is 0 Å². The van der Waals surface area contributed by atoms with Crippen LogP contribution in [0.1, 0.15) is 24.5 Å². The van der Waals surface area contributed by atoms with Crippen molar-refractivity contribution in [3.05, 3.63) is 29.3 Å². The second-order valence-electron chi connectivity index (χ2n) is 4.61. The highest BCUT2D eigenvalue weighted by Gasteiger charge is 2.09. The van der Waals surface area contributed by atoms with Crippen molar-refractivity contribution >= 4 is 34.9 Å². The monoisotopic (exact) mass is 325 g/mol. The number of hydrogen-bond acceptors (Lipinski definition) is 6. The van der Waals surface area contributed by atoms with Crippen molar-refractivity contribution in [2.75, 3.05) is 6.26 Å². The number of nitrogens with two attached hydrogens (primary N) is 1. The summed E-state index contributed by atoms with van der Waals surface area (Å²) in [6, 6.07) is 6.81. The van der Waals surface area contributed by atoms with E-state index < -0.39 is 0 Å². The molecule has 1 aromatic heterocycles. The molecule has 0 amide bonds. The Kier molecular flexibility index (Phi) is 5.89. The Morgan fingerprint density at radius 2 is 2.05 bits per heavy atom. The van der Waals surface area contributed by atoms with Gasteiger partial charge in [0.1, 0.15) is 0 Å². The third-order valence-electron chi connectivity index (χ3n) is 3.02. The Morgan fingerprint density at radius 1 is 1.30 bits per heavy atom. The lowest BCUT2D eigenvalue weighted by Gasteiger charge is -2.11. The molecule has 0 fully saturated rings. The van der Waals surface area contributed by atoms with Crippen LogP contribution in [-0.2, 0) is 6.42 Å². The maximum absolute atomic E-state index is 6.01. The van der Waals surface area contributed by atoms with Crippen LogP contribution in [0.4, 0.5) is 0 Å². The molecule has 0 bridgehead atoms. The van der Waals surface area contributed by atoms with Crippen LogP contribution in [0.15, 0.2) is 31.8 Å². The molecule has 1 unspecified atom stereocenters. The largest absolute Gasteiger partial charge is 0.327 e. The topological polar surface area (TPSA) is 51.8 Å². The van der Waals surface area contributed by atoms with Gasteiger partial charge in [-0.2, -0.15) is 0 Å². The lowest BCUT2D eigenvalue weighted by Crippen LogP contribution is -2.21. The fraction of sp³-hybridized carbons (Fsp3) is 0.429. The summed E-state index contributed by atoms with van der Waals surface area (Å²) in [6.07, 6.45) is 3.97. The minimum Gasteiger partial charge on any atom is -0.327 e. The minimum absolute atomic E-state index is 0.250. The number of aromatic nitrogens is 2. The number of aryl methyl sites for hydroxylation is 1. The zero-order chi connectivity index (χ0) is 14.5. The van der Waals surface area contributed by atoms with Crippen molar-refractivity contribution < 1.29 is 0 Å². The van der Waals surface area contributed by atoms with E-state index in [-0.39, 0.29) is 6.04 Å². The predicted molar refractivity (Wildman–Crippen MR) is 89.0 cm³/mol. The quantitative estimate of drug-likeness (QED) is 0.814. The summed E-state index contributed by atoms with van der Waals surface area (Å²) in [6.45, 7) is 4.26. The predicted octanol–water partition coefficient (Wildman–Crippen LogP) is 4.00. The summed E-state index contributed by atoms with van der Waals surface area (Å²) in [5, 5.41) is 8.32. The van der Waals surface area contributed by atoms with E-state index in [1.165, 1.54) is 16.0 Å². The molecule has 3 nitrogen and oxygen atoms in total. The van der Waals surface area contributed by atoms with E-state index in [0.717, 1.165) is 21.5 Å². The van der Waals surface area contributed by atoms with E-state index in [4.69, 9.17) is 5.73 Å². The molecule has 108 valence electrons. The van der Waals surface area contributed by atoms with Gasteiger partial charge in [-0.1, -0.05) is 53.9 Å². The number of nitrogens with zero attached hydrogens (tertiary/aromatic N) is 2. The fourth-order valence-electron chi connectivity index (χ4n) is 1.82. The molecule has 0 saturated heterocycles.